The summed E-state index contributed by atoms with van der Waals surface area (Å²) < 4.78 is 14.6. The van der Waals surface area contributed by atoms with Crippen molar-refractivity contribution in [2.45, 2.75) is 143 Å². The normalized spacial score (nSPS) is 22.6. The largest absolute Gasteiger partial charge is 0.355 e. The van der Waals surface area contributed by atoms with Crippen molar-refractivity contribution in [1.29, 1.82) is 0 Å². The number of nitrogens with one attached hydrogen (secondary N) is 2. The van der Waals surface area contributed by atoms with Gasteiger partial charge in [-0.2, -0.15) is 10.1 Å². The number of rotatable bonds is 16. The van der Waals surface area contributed by atoms with Crippen molar-refractivity contribution in [3.8, 4) is 0 Å². The molecule has 3 aromatic carbocycles. The molecular weight excluding hydrogens is 801 g/mol. The van der Waals surface area contributed by atoms with Crippen LogP contribution in [0.3, 0.4) is 0 Å². The zero-order valence-corrected chi connectivity index (χ0v) is 38.5. The third-order valence-corrected chi connectivity index (χ3v) is 13.1. The highest BCUT2D eigenvalue weighted by atomic mass is 16.7. The van der Waals surface area contributed by atoms with E-state index in [9.17, 15) is 0 Å². The summed E-state index contributed by atoms with van der Waals surface area (Å²) in [7, 11) is 0. The van der Waals surface area contributed by atoms with Crippen LogP contribution in [0.5, 0.6) is 0 Å². The van der Waals surface area contributed by atoms with Gasteiger partial charge in [0.1, 0.15) is 17.5 Å². The molecule has 9 rings (SSSR count). The predicted octanol–water partition coefficient (Wildman–Crippen LogP) is 11.4. The summed E-state index contributed by atoms with van der Waals surface area (Å²) in [4.78, 5) is 40.4. The molecule has 1 aromatic heterocycles. The average Bonchev–Trinajstić information content (AvgIpc) is 4.04. The molecule has 0 saturated heterocycles. The lowest BCUT2D eigenvalue weighted by Crippen LogP contribution is -2.47. The second kappa shape index (κ2) is 18.1. The third kappa shape index (κ3) is 7.34. The van der Waals surface area contributed by atoms with Crippen LogP contribution >= 0.6 is 0 Å². The number of hydroxylamine groups is 3. The number of allylic oxidation sites excluding steroid dienone is 2. The first-order valence-corrected chi connectivity index (χ1v) is 23.6. The molecule has 0 radical (unpaired) electrons. The first-order chi connectivity index (χ1) is 31.3. The Morgan fingerprint density at radius 1 is 0.594 bits per heavy atom. The van der Waals surface area contributed by atoms with Gasteiger partial charge >= 0.3 is 0 Å². The zero-order chi connectivity index (χ0) is 44.6. The minimum atomic E-state index is -1.40. The van der Waals surface area contributed by atoms with Crippen LogP contribution in [0.2, 0.25) is 0 Å². The highest BCUT2D eigenvalue weighted by Crippen LogP contribution is 2.47. The number of hydrogen-bond acceptors (Lipinski definition) is 11. The Morgan fingerprint density at radius 2 is 1.19 bits per heavy atom. The summed E-state index contributed by atoms with van der Waals surface area (Å²) in [5, 5.41) is 9.31. The van der Waals surface area contributed by atoms with Crippen LogP contribution < -0.4 is 10.4 Å². The molecule has 1 aliphatic carbocycles. The second-order valence-corrected chi connectivity index (χ2v) is 17.0. The number of ether oxygens (including phenoxy) is 2. The predicted molar refractivity (Wildman–Crippen MR) is 257 cm³/mol. The average molecular weight is 863 g/mol. The maximum absolute atomic E-state index is 7.38. The fraction of sp³-hybridized carbons (Fsp3) is 0.423. The topological polar surface area (TPSA) is 121 Å². The standard InChI is InChI=1S/C52H62N8O4/c1-9-33(10-2)61-51-32-24-23-31-43(51)49-55-46-41-29-21-22-30-42(41)52(58-46,62-34(11-3)12-4)57-45-38-26-18-20-28-40(38)48(54-45)59(63-35(13-5)14-6)47-39-27-19-17-25-37(39)44(53-47)56-50(51)60(49)64-36(15-7)16-8/h17-36,53H,9-16H2,1-8H3,(H,55,58)/b56-50-,57-45-. The number of benzene rings is 3. The third-order valence-electron chi connectivity index (χ3n) is 13.1. The SMILES string of the molecule is CCC(CC)ON1C2=C3C=CC=CC3(OC(CC)CC)/C1=N/c1[nH]c(c3ccccc13)N(OC(CC)CC)C1=N/C(=N\C3(OC(CC)CC)NC(=N2)c2ccccc23)c2ccccc21. The van der Waals surface area contributed by atoms with E-state index in [1.807, 2.05) is 58.7 Å². The number of aromatic amines is 1. The van der Waals surface area contributed by atoms with E-state index in [1.54, 1.807) is 0 Å². The lowest BCUT2D eigenvalue weighted by molar-refractivity contribution is -0.129. The fourth-order valence-electron chi connectivity index (χ4n) is 9.30. The number of H-pyrrole nitrogens is 1. The van der Waals surface area contributed by atoms with Crippen LogP contribution in [0.4, 0.5) is 11.6 Å². The molecule has 2 atom stereocenters. The summed E-state index contributed by atoms with van der Waals surface area (Å²) in [6.45, 7) is 17.2. The summed E-state index contributed by atoms with van der Waals surface area (Å²) >= 11 is 0. The first-order valence-electron chi connectivity index (χ1n) is 23.6. The van der Waals surface area contributed by atoms with Crippen molar-refractivity contribution in [2.24, 2.45) is 20.0 Å². The van der Waals surface area contributed by atoms with E-state index in [1.165, 1.54) is 0 Å². The lowest BCUT2D eigenvalue weighted by atomic mass is 9.89. The maximum Gasteiger partial charge on any atom is 0.268 e. The Balaban J connectivity index is 1.43. The smallest absolute Gasteiger partial charge is 0.268 e. The molecule has 0 saturated carbocycles. The van der Waals surface area contributed by atoms with Crippen molar-refractivity contribution in [3.05, 3.63) is 131 Å². The highest BCUT2D eigenvalue weighted by Gasteiger charge is 2.54. The van der Waals surface area contributed by atoms with E-state index >= 15 is 0 Å². The van der Waals surface area contributed by atoms with E-state index in [4.69, 9.17) is 39.1 Å². The van der Waals surface area contributed by atoms with E-state index < -0.39 is 11.4 Å². The lowest BCUT2D eigenvalue weighted by Gasteiger charge is -2.35. The molecule has 0 spiro atoms. The van der Waals surface area contributed by atoms with Crippen molar-refractivity contribution < 1.29 is 19.1 Å². The van der Waals surface area contributed by atoms with Gasteiger partial charge in [0.25, 0.3) is 5.85 Å². The Morgan fingerprint density at radius 3 is 1.88 bits per heavy atom. The number of aliphatic imine (C=N–C) groups is 4. The molecular formula is C52H62N8O4. The number of aromatic nitrogens is 1. The van der Waals surface area contributed by atoms with Gasteiger partial charge in [-0.1, -0.05) is 146 Å². The molecule has 8 bridgehead atoms. The van der Waals surface area contributed by atoms with E-state index in [0.29, 0.717) is 40.8 Å². The van der Waals surface area contributed by atoms with Gasteiger partial charge in [0.05, 0.1) is 24.4 Å². The molecule has 5 heterocycles. The Kier molecular flexibility index (Phi) is 12.3. The van der Waals surface area contributed by atoms with Crippen molar-refractivity contribution in [1.82, 2.24) is 15.4 Å². The Bertz CT molecular complexity index is 2610. The summed E-state index contributed by atoms with van der Waals surface area (Å²) in [5.74, 6) is 2.74. The van der Waals surface area contributed by atoms with Gasteiger partial charge in [-0.25, -0.2) is 20.0 Å². The van der Waals surface area contributed by atoms with Crippen LogP contribution in [0.15, 0.2) is 128 Å². The fourth-order valence-corrected chi connectivity index (χ4v) is 9.30. The van der Waals surface area contributed by atoms with Crippen molar-refractivity contribution >= 4 is 45.8 Å². The molecule has 0 fully saturated rings. The molecule has 12 nitrogen and oxygen atoms in total. The summed E-state index contributed by atoms with van der Waals surface area (Å²) in [6.07, 6.45) is 14.1. The number of nitrogens with zero attached hydrogens (tertiary/aromatic N) is 6. The first kappa shape index (κ1) is 43.6. The molecule has 64 heavy (non-hydrogen) atoms. The van der Waals surface area contributed by atoms with E-state index in [2.05, 4.69) is 114 Å². The van der Waals surface area contributed by atoms with Crippen LogP contribution in [0, 0.1) is 0 Å². The molecule has 12 heteroatoms. The van der Waals surface area contributed by atoms with E-state index in [0.717, 1.165) is 90.0 Å². The molecule has 334 valence electrons. The number of amidine groups is 4. The van der Waals surface area contributed by atoms with Crippen LogP contribution in [-0.2, 0) is 25.0 Å². The molecule has 4 aromatic rings. The Labute approximate surface area is 377 Å². The van der Waals surface area contributed by atoms with Gasteiger partial charge in [0.15, 0.2) is 28.9 Å². The molecule has 2 N–H and O–H groups in total. The van der Waals surface area contributed by atoms with Gasteiger partial charge < -0.3 is 19.8 Å². The minimum Gasteiger partial charge on any atom is -0.355 e. The molecule has 0 amide bonds. The molecule has 5 aliphatic rings. The maximum atomic E-state index is 7.38. The quantitative estimate of drug-likeness (QED) is 0.115. The number of anilines is 1. The van der Waals surface area contributed by atoms with Crippen molar-refractivity contribution in [3.63, 3.8) is 0 Å². The number of fused-ring (bicyclic) bond motifs is 18. The summed E-state index contributed by atoms with van der Waals surface area (Å²) in [6, 6.07) is 24.7. The monoisotopic (exact) mass is 862 g/mol. The van der Waals surface area contributed by atoms with Gasteiger partial charge in [-0.3, -0.25) is 9.68 Å². The van der Waals surface area contributed by atoms with Gasteiger partial charge in [0, 0.05) is 38.6 Å². The van der Waals surface area contributed by atoms with Gasteiger partial charge in [0.2, 0.25) is 0 Å². The van der Waals surface area contributed by atoms with Gasteiger partial charge in [-0.15, -0.1) is 0 Å². The molecule has 4 aliphatic heterocycles. The van der Waals surface area contributed by atoms with Gasteiger partial charge in [-0.05, 0) is 57.4 Å². The minimum absolute atomic E-state index is 0.0943. The van der Waals surface area contributed by atoms with Crippen LogP contribution in [0.25, 0.3) is 10.8 Å². The van der Waals surface area contributed by atoms with Crippen LogP contribution in [-0.4, -0.2) is 63.4 Å². The van der Waals surface area contributed by atoms with Crippen LogP contribution in [0.1, 0.15) is 129 Å². The highest BCUT2D eigenvalue weighted by molar-refractivity contribution is 6.27. The van der Waals surface area contributed by atoms with E-state index in [-0.39, 0.29) is 24.4 Å². The van der Waals surface area contributed by atoms with Crippen molar-refractivity contribution in [2.75, 3.05) is 5.06 Å². The summed E-state index contributed by atoms with van der Waals surface area (Å²) in [5.41, 5.74) is 3.11. The number of hydrogen-bond donors (Lipinski definition) is 2. The zero-order valence-electron chi connectivity index (χ0n) is 38.5. The second-order valence-electron chi connectivity index (χ2n) is 17.0. The molecule has 2 unspecified atom stereocenters. The Hall–Kier alpha value is -5.66.